The van der Waals surface area contributed by atoms with Gasteiger partial charge in [0.25, 0.3) is 5.91 Å². The normalized spacial score (nSPS) is 12.3. The molecule has 0 aliphatic carbocycles. The fraction of sp³-hybridized carbons (Fsp3) is 0.333. The molecular weight excluding hydrogens is 312 g/mol. The Morgan fingerprint density at radius 1 is 1.16 bits per heavy atom. The molecule has 1 atom stereocenters. The molecule has 2 N–H and O–H groups in total. The molecule has 0 heterocycles. The molecular formula is C21H24N2O2. The van der Waals surface area contributed by atoms with E-state index in [1.807, 2.05) is 50.2 Å². The summed E-state index contributed by atoms with van der Waals surface area (Å²) in [7, 11) is 0. The Bertz CT molecular complexity index is 788. The van der Waals surface area contributed by atoms with Gasteiger partial charge >= 0.3 is 0 Å². The van der Waals surface area contributed by atoms with Gasteiger partial charge in [-0.25, -0.2) is 0 Å². The van der Waals surface area contributed by atoms with Crippen molar-refractivity contribution in [2.45, 2.75) is 33.3 Å². The van der Waals surface area contributed by atoms with Gasteiger partial charge in [0.2, 0.25) is 0 Å². The summed E-state index contributed by atoms with van der Waals surface area (Å²) >= 11 is 0. The third-order valence-corrected chi connectivity index (χ3v) is 4.08. The minimum atomic E-state index is -0.415. The molecule has 25 heavy (non-hydrogen) atoms. The summed E-state index contributed by atoms with van der Waals surface area (Å²) in [4.78, 5) is 12.7. The highest BCUT2D eigenvalue weighted by Gasteiger charge is 2.22. The number of rotatable bonds is 6. The standard InChI is InChI=1S/C21H24N2O2/c1-15(24)12-21(2,3)14-23-20(25)19-11-7-6-10-18(19)17-9-5-4-8-16(17)13-22/h4-11,15,24H,12,14H2,1-3H3,(H,23,25). The van der Waals surface area contributed by atoms with Crippen LogP contribution in [-0.4, -0.2) is 23.7 Å². The maximum atomic E-state index is 12.7. The lowest BCUT2D eigenvalue weighted by atomic mass is 9.87. The fourth-order valence-corrected chi connectivity index (χ4v) is 3.02. The first-order chi connectivity index (χ1) is 11.8. The van der Waals surface area contributed by atoms with Crippen LogP contribution in [0.25, 0.3) is 11.1 Å². The third kappa shape index (κ3) is 4.91. The zero-order chi connectivity index (χ0) is 18.4. The Labute approximate surface area is 149 Å². The largest absolute Gasteiger partial charge is 0.393 e. The maximum absolute atomic E-state index is 12.7. The van der Waals surface area contributed by atoms with Gasteiger partial charge in [0.1, 0.15) is 0 Å². The van der Waals surface area contributed by atoms with Crippen LogP contribution in [0.4, 0.5) is 0 Å². The van der Waals surface area contributed by atoms with Gasteiger partial charge in [0.15, 0.2) is 0 Å². The molecule has 130 valence electrons. The molecule has 0 aromatic heterocycles. The number of nitrogens with zero attached hydrogens (tertiary/aromatic N) is 1. The lowest BCUT2D eigenvalue weighted by molar-refractivity contribution is 0.0902. The molecule has 0 saturated carbocycles. The fourth-order valence-electron chi connectivity index (χ4n) is 3.02. The van der Waals surface area contributed by atoms with Crippen LogP contribution in [0.1, 0.15) is 43.1 Å². The summed E-state index contributed by atoms with van der Waals surface area (Å²) in [6.07, 6.45) is 0.188. The van der Waals surface area contributed by atoms with Crippen LogP contribution >= 0.6 is 0 Å². The average molecular weight is 336 g/mol. The topological polar surface area (TPSA) is 73.1 Å². The molecule has 0 aliphatic heterocycles. The molecule has 0 fully saturated rings. The molecule has 4 nitrogen and oxygen atoms in total. The van der Waals surface area contributed by atoms with E-state index in [1.165, 1.54) is 0 Å². The van der Waals surface area contributed by atoms with E-state index in [4.69, 9.17) is 0 Å². The van der Waals surface area contributed by atoms with E-state index < -0.39 is 6.10 Å². The Morgan fingerprint density at radius 3 is 2.40 bits per heavy atom. The van der Waals surface area contributed by atoms with Gasteiger partial charge in [-0.2, -0.15) is 5.26 Å². The first kappa shape index (κ1) is 18.7. The second kappa shape index (κ2) is 7.96. The average Bonchev–Trinajstić information content (AvgIpc) is 2.58. The van der Waals surface area contributed by atoms with Crippen LogP contribution in [0, 0.1) is 16.7 Å². The van der Waals surface area contributed by atoms with Gasteiger partial charge in [-0.05, 0) is 36.5 Å². The number of carbonyl (C=O) groups is 1. The number of benzene rings is 2. The predicted octanol–water partition coefficient (Wildman–Crippen LogP) is 3.75. The van der Waals surface area contributed by atoms with E-state index in [0.717, 1.165) is 11.1 Å². The number of hydrogen-bond acceptors (Lipinski definition) is 3. The van der Waals surface area contributed by atoms with Crippen molar-refractivity contribution in [2.75, 3.05) is 6.54 Å². The smallest absolute Gasteiger partial charge is 0.251 e. The van der Waals surface area contributed by atoms with Gasteiger partial charge in [-0.1, -0.05) is 50.2 Å². The molecule has 0 bridgehead atoms. The lowest BCUT2D eigenvalue weighted by Crippen LogP contribution is -2.35. The van der Waals surface area contributed by atoms with E-state index >= 15 is 0 Å². The number of aliphatic hydroxyl groups is 1. The van der Waals surface area contributed by atoms with E-state index in [2.05, 4.69) is 11.4 Å². The van der Waals surface area contributed by atoms with Gasteiger partial charge in [0.05, 0.1) is 17.7 Å². The predicted molar refractivity (Wildman–Crippen MR) is 99.0 cm³/mol. The summed E-state index contributed by atoms with van der Waals surface area (Å²) in [5.41, 5.74) is 2.36. The van der Waals surface area contributed by atoms with Crippen molar-refractivity contribution < 1.29 is 9.90 Å². The molecule has 4 heteroatoms. The number of aliphatic hydroxyl groups excluding tert-OH is 1. The Balaban J connectivity index is 2.26. The van der Waals surface area contributed by atoms with E-state index in [0.29, 0.717) is 24.1 Å². The highest BCUT2D eigenvalue weighted by Crippen LogP contribution is 2.27. The van der Waals surface area contributed by atoms with Crippen LogP contribution in [0.5, 0.6) is 0 Å². The third-order valence-electron chi connectivity index (χ3n) is 4.08. The quantitative estimate of drug-likeness (QED) is 0.844. The maximum Gasteiger partial charge on any atom is 0.251 e. The molecule has 0 saturated heterocycles. The highest BCUT2D eigenvalue weighted by molar-refractivity contribution is 6.01. The van der Waals surface area contributed by atoms with Crippen LogP contribution in [-0.2, 0) is 0 Å². The van der Waals surface area contributed by atoms with E-state index in [1.54, 1.807) is 19.1 Å². The number of carbonyl (C=O) groups excluding carboxylic acids is 1. The van der Waals surface area contributed by atoms with Gasteiger partial charge < -0.3 is 10.4 Å². The second-order valence-electron chi connectivity index (χ2n) is 7.10. The Hall–Kier alpha value is -2.64. The monoisotopic (exact) mass is 336 g/mol. The van der Waals surface area contributed by atoms with Crippen LogP contribution in [0.15, 0.2) is 48.5 Å². The van der Waals surface area contributed by atoms with Crippen molar-refractivity contribution >= 4 is 5.91 Å². The molecule has 0 radical (unpaired) electrons. The zero-order valence-electron chi connectivity index (χ0n) is 14.9. The highest BCUT2D eigenvalue weighted by atomic mass is 16.3. The second-order valence-corrected chi connectivity index (χ2v) is 7.10. The minimum Gasteiger partial charge on any atom is -0.393 e. The SMILES string of the molecule is CC(O)CC(C)(C)CNC(=O)c1ccccc1-c1ccccc1C#N. The molecule has 2 rings (SSSR count). The first-order valence-corrected chi connectivity index (χ1v) is 8.39. The summed E-state index contributed by atoms with van der Waals surface area (Å²) in [5.74, 6) is -0.179. The Morgan fingerprint density at radius 2 is 1.76 bits per heavy atom. The van der Waals surface area contributed by atoms with Crippen molar-refractivity contribution in [3.63, 3.8) is 0 Å². The van der Waals surface area contributed by atoms with E-state index in [9.17, 15) is 15.2 Å². The van der Waals surface area contributed by atoms with Crippen LogP contribution < -0.4 is 5.32 Å². The Kier molecular flexibility index (Phi) is 5.95. The molecule has 0 aliphatic rings. The van der Waals surface area contributed by atoms with Crippen molar-refractivity contribution in [2.24, 2.45) is 5.41 Å². The van der Waals surface area contributed by atoms with Crippen molar-refractivity contribution in [1.29, 1.82) is 5.26 Å². The van der Waals surface area contributed by atoms with Crippen molar-refractivity contribution in [3.05, 3.63) is 59.7 Å². The summed E-state index contributed by atoms with van der Waals surface area (Å²) < 4.78 is 0. The first-order valence-electron chi connectivity index (χ1n) is 8.39. The van der Waals surface area contributed by atoms with Gasteiger partial charge in [0, 0.05) is 17.7 Å². The number of amides is 1. The summed E-state index contributed by atoms with van der Waals surface area (Å²) in [6, 6.07) is 16.7. The minimum absolute atomic E-state index is 0.179. The molecule has 2 aromatic carbocycles. The molecule has 2 aromatic rings. The van der Waals surface area contributed by atoms with Crippen LogP contribution in [0.2, 0.25) is 0 Å². The van der Waals surface area contributed by atoms with Gasteiger partial charge in [-0.3, -0.25) is 4.79 Å². The van der Waals surface area contributed by atoms with Gasteiger partial charge in [-0.15, -0.1) is 0 Å². The molecule has 1 unspecified atom stereocenters. The summed E-state index contributed by atoms with van der Waals surface area (Å²) in [5, 5.41) is 21.9. The number of hydrogen-bond donors (Lipinski definition) is 2. The van der Waals surface area contributed by atoms with Crippen molar-refractivity contribution in [3.8, 4) is 17.2 Å². The zero-order valence-corrected chi connectivity index (χ0v) is 14.9. The van der Waals surface area contributed by atoms with Crippen molar-refractivity contribution in [1.82, 2.24) is 5.32 Å². The number of nitrogens with one attached hydrogen (secondary N) is 1. The molecule has 1 amide bonds. The van der Waals surface area contributed by atoms with E-state index in [-0.39, 0.29) is 11.3 Å². The molecule has 0 spiro atoms. The summed E-state index contributed by atoms with van der Waals surface area (Å²) in [6.45, 7) is 6.23. The lowest BCUT2D eigenvalue weighted by Gasteiger charge is -2.26. The number of nitriles is 1. The van der Waals surface area contributed by atoms with Crippen LogP contribution in [0.3, 0.4) is 0 Å².